The topological polar surface area (TPSA) is 55.9 Å². The standard InChI is InChI=1S/C12H22N4S2/c1-8(2)16-12(11(13)9(3)15-16)14-6-10-7-17-4-5-18-10/h8,10,14H,4-7,13H2,1-3H3. The molecule has 1 aromatic rings. The summed E-state index contributed by atoms with van der Waals surface area (Å²) in [4.78, 5) is 0. The third-order valence-electron chi connectivity index (χ3n) is 3.00. The third kappa shape index (κ3) is 3.09. The molecule has 1 aliphatic rings. The SMILES string of the molecule is Cc1nn(C(C)C)c(NCC2CSCCS2)c1N. The fraction of sp³-hybridized carbons (Fsp3) is 0.750. The quantitative estimate of drug-likeness (QED) is 0.891. The highest BCUT2D eigenvalue weighted by atomic mass is 32.2. The maximum atomic E-state index is 6.10. The number of nitrogens with one attached hydrogen (secondary N) is 1. The molecule has 2 rings (SSSR count). The van der Waals surface area contributed by atoms with Gasteiger partial charge in [-0.2, -0.15) is 28.6 Å². The van der Waals surface area contributed by atoms with Gasteiger partial charge in [0.1, 0.15) is 5.82 Å². The largest absolute Gasteiger partial charge is 0.394 e. The van der Waals surface area contributed by atoms with Gasteiger partial charge in [0, 0.05) is 35.1 Å². The zero-order valence-corrected chi connectivity index (χ0v) is 12.9. The summed E-state index contributed by atoms with van der Waals surface area (Å²) in [6.07, 6.45) is 0. The van der Waals surface area contributed by atoms with Gasteiger partial charge in [0.2, 0.25) is 0 Å². The van der Waals surface area contributed by atoms with Crippen LogP contribution in [-0.2, 0) is 0 Å². The summed E-state index contributed by atoms with van der Waals surface area (Å²) in [6, 6.07) is 0.330. The molecule has 18 heavy (non-hydrogen) atoms. The number of hydrogen-bond acceptors (Lipinski definition) is 5. The Bertz CT molecular complexity index is 397. The number of nitrogen functional groups attached to an aromatic ring is 1. The molecule has 1 atom stereocenters. The second-order valence-corrected chi connectivity index (χ2v) is 7.39. The van der Waals surface area contributed by atoms with Crippen LogP contribution in [-0.4, -0.2) is 38.8 Å². The van der Waals surface area contributed by atoms with Crippen LogP contribution in [0, 0.1) is 6.92 Å². The zero-order chi connectivity index (χ0) is 13.1. The van der Waals surface area contributed by atoms with Crippen molar-refractivity contribution in [3.63, 3.8) is 0 Å². The summed E-state index contributed by atoms with van der Waals surface area (Å²) in [5, 5.41) is 8.66. The predicted octanol–water partition coefficient (Wildman–Crippen LogP) is 2.62. The summed E-state index contributed by atoms with van der Waals surface area (Å²) < 4.78 is 1.99. The molecule has 0 amide bonds. The first-order valence-corrected chi connectivity index (χ1v) is 8.57. The Morgan fingerprint density at radius 2 is 2.28 bits per heavy atom. The van der Waals surface area contributed by atoms with Crippen LogP contribution in [0.25, 0.3) is 0 Å². The summed E-state index contributed by atoms with van der Waals surface area (Å²) >= 11 is 4.10. The molecule has 0 radical (unpaired) electrons. The van der Waals surface area contributed by atoms with Gasteiger partial charge in [0.05, 0.1) is 11.4 Å². The van der Waals surface area contributed by atoms with E-state index >= 15 is 0 Å². The molecule has 2 heterocycles. The number of nitrogens with two attached hydrogens (primary N) is 1. The van der Waals surface area contributed by atoms with E-state index in [0.29, 0.717) is 11.3 Å². The molecule has 4 nitrogen and oxygen atoms in total. The average molecular weight is 286 g/mol. The second-order valence-electron chi connectivity index (χ2n) is 4.83. The number of hydrogen-bond donors (Lipinski definition) is 2. The van der Waals surface area contributed by atoms with Crippen molar-refractivity contribution in [2.75, 3.05) is 34.9 Å². The van der Waals surface area contributed by atoms with E-state index in [0.717, 1.165) is 23.7 Å². The average Bonchev–Trinajstić information content (AvgIpc) is 2.65. The Labute approximate surface area is 117 Å². The molecule has 1 aromatic heterocycles. The van der Waals surface area contributed by atoms with Crippen LogP contribution >= 0.6 is 23.5 Å². The van der Waals surface area contributed by atoms with Crippen LogP contribution < -0.4 is 11.1 Å². The van der Waals surface area contributed by atoms with Crippen molar-refractivity contribution in [3.05, 3.63) is 5.69 Å². The maximum absolute atomic E-state index is 6.10. The molecule has 6 heteroatoms. The zero-order valence-electron chi connectivity index (χ0n) is 11.3. The molecule has 1 fully saturated rings. The van der Waals surface area contributed by atoms with Crippen LogP contribution in [0.4, 0.5) is 11.5 Å². The number of thioether (sulfide) groups is 2. The van der Waals surface area contributed by atoms with Crippen molar-refractivity contribution >= 4 is 35.0 Å². The monoisotopic (exact) mass is 286 g/mol. The minimum Gasteiger partial charge on any atom is -0.394 e. The number of aromatic nitrogens is 2. The van der Waals surface area contributed by atoms with E-state index in [4.69, 9.17) is 5.73 Å². The first-order valence-electron chi connectivity index (χ1n) is 6.37. The highest BCUT2D eigenvalue weighted by Gasteiger charge is 2.18. The van der Waals surface area contributed by atoms with Crippen molar-refractivity contribution in [1.82, 2.24) is 9.78 Å². The van der Waals surface area contributed by atoms with E-state index in [2.05, 4.69) is 36.0 Å². The van der Waals surface area contributed by atoms with E-state index in [1.165, 1.54) is 17.3 Å². The molecule has 0 saturated carbocycles. The van der Waals surface area contributed by atoms with Gasteiger partial charge in [-0.15, -0.1) is 0 Å². The summed E-state index contributed by atoms with van der Waals surface area (Å²) in [5.41, 5.74) is 7.80. The van der Waals surface area contributed by atoms with Gasteiger partial charge in [0.15, 0.2) is 0 Å². The van der Waals surface area contributed by atoms with Crippen molar-refractivity contribution in [2.24, 2.45) is 0 Å². The molecule has 3 N–H and O–H groups in total. The van der Waals surface area contributed by atoms with Crippen LogP contribution in [0.1, 0.15) is 25.6 Å². The Morgan fingerprint density at radius 3 is 2.89 bits per heavy atom. The number of anilines is 2. The number of nitrogens with zero attached hydrogens (tertiary/aromatic N) is 2. The van der Waals surface area contributed by atoms with Crippen molar-refractivity contribution < 1.29 is 0 Å². The maximum Gasteiger partial charge on any atom is 0.148 e. The van der Waals surface area contributed by atoms with Crippen LogP contribution in [0.5, 0.6) is 0 Å². The molecular formula is C12H22N4S2. The second kappa shape index (κ2) is 6.10. The normalized spacial score (nSPS) is 20.3. The third-order valence-corrected chi connectivity index (χ3v) is 5.85. The predicted molar refractivity (Wildman–Crippen MR) is 83.8 cm³/mol. The van der Waals surface area contributed by atoms with E-state index in [1.807, 2.05) is 23.4 Å². The molecule has 0 aromatic carbocycles. The van der Waals surface area contributed by atoms with Crippen LogP contribution in [0.2, 0.25) is 0 Å². The smallest absolute Gasteiger partial charge is 0.148 e. The highest BCUT2D eigenvalue weighted by molar-refractivity contribution is 8.06. The molecule has 1 unspecified atom stereocenters. The molecular weight excluding hydrogens is 264 g/mol. The lowest BCUT2D eigenvalue weighted by Gasteiger charge is -2.22. The highest BCUT2D eigenvalue weighted by Crippen LogP contribution is 2.28. The fourth-order valence-corrected chi connectivity index (χ4v) is 4.59. The van der Waals surface area contributed by atoms with Crippen LogP contribution in [0.15, 0.2) is 0 Å². The molecule has 1 saturated heterocycles. The van der Waals surface area contributed by atoms with Crippen molar-refractivity contribution in [3.8, 4) is 0 Å². The summed E-state index contributed by atoms with van der Waals surface area (Å²) in [6.45, 7) is 7.19. The lowest BCUT2D eigenvalue weighted by molar-refractivity contribution is 0.534. The van der Waals surface area contributed by atoms with Gasteiger partial charge in [-0.1, -0.05) is 0 Å². The Morgan fingerprint density at radius 1 is 1.50 bits per heavy atom. The fourth-order valence-electron chi connectivity index (χ4n) is 1.98. The van der Waals surface area contributed by atoms with Gasteiger partial charge in [-0.05, 0) is 20.8 Å². The van der Waals surface area contributed by atoms with E-state index in [9.17, 15) is 0 Å². The van der Waals surface area contributed by atoms with E-state index < -0.39 is 0 Å². The first-order chi connectivity index (χ1) is 8.59. The molecule has 102 valence electrons. The molecule has 0 spiro atoms. The number of aryl methyl sites for hydroxylation is 1. The van der Waals surface area contributed by atoms with Crippen molar-refractivity contribution in [1.29, 1.82) is 0 Å². The van der Waals surface area contributed by atoms with E-state index in [1.54, 1.807) is 0 Å². The summed E-state index contributed by atoms with van der Waals surface area (Å²) in [7, 11) is 0. The van der Waals surface area contributed by atoms with Gasteiger partial charge < -0.3 is 11.1 Å². The van der Waals surface area contributed by atoms with Gasteiger partial charge in [-0.25, -0.2) is 4.68 Å². The Balaban J connectivity index is 2.03. The number of rotatable bonds is 4. The van der Waals surface area contributed by atoms with Gasteiger partial charge in [-0.3, -0.25) is 0 Å². The molecule has 1 aliphatic heterocycles. The molecule has 0 aliphatic carbocycles. The van der Waals surface area contributed by atoms with Gasteiger partial charge >= 0.3 is 0 Å². The first kappa shape index (κ1) is 13.9. The van der Waals surface area contributed by atoms with Gasteiger partial charge in [0.25, 0.3) is 0 Å². The van der Waals surface area contributed by atoms with E-state index in [-0.39, 0.29) is 0 Å². The lowest BCUT2D eigenvalue weighted by atomic mass is 10.3. The molecule has 0 bridgehead atoms. The minimum atomic E-state index is 0.330. The summed E-state index contributed by atoms with van der Waals surface area (Å²) in [5.74, 6) is 4.76. The van der Waals surface area contributed by atoms with Crippen LogP contribution in [0.3, 0.4) is 0 Å². The Hall–Kier alpha value is -0.490. The minimum absolute atomic E-state index is 0.330. The van der Waals surface area contributed by atoms with Crippen molar-refractivity contribution in [2.45, 2.75) is 32.1 Å². The lowest BCUT2D eigenvalue weighted by Crippen LogP contribution is -2.24. The Kier molecular flexibility index (Phi) is 4.72.